The Morgan fingerprint density at radius 3 is 2.50 bits per heavy atom. The molecule has 1 rings (SSSR count). The number of hydrogen-bond acceptors (Lipinski definition) is 2. The van der Waals surface area contributed by atoms with Gasteiger partial charge in [0.2, 0.25) is 0 Å². The van der Waals surface area contributed by atoms with E-state index in [1.54, 1.807) is 13.8 Å². The zero-order valence-electron chi connectivity index (χ0n) is 9.86. The van der Waals surface area contributed by atoms with Crippen molar-refractivity contribution >= 4 is 5.97 Å². The number of hydrogen-bond donors (Lipinski definition) is 2. The molecule has 0 radical (unpaired) electrons. The zero-order chi connectivity index (χ0) is 12.0. The Bertz CT molecular complexity index is 333. The second-order valence-corrected chi connectivity index (χ2v) is 4.60. The van der Waals surface area contributed by atoms with Crippen molar-refractivity contribution in [3.8, 4) is 0 Å². The normalized spacial score (nSPS) is 11.4. The van der Waals surface area contributed by atoms with Gasteiger partial charge in [-0.25, -0.2) is 0 Å². The largest absolute Gasteiger partial charge is 0.481 e. The molecule has 0 saturated carbocycles. The molecule has 0 aliphatic heterocycles. The lowest BCUT2D eigenvalue weighted by Crippen LogP contribution is -2.36. The lowest BCUT2D eigenvalue weighted by atomic mass is 9.94. The Balaban J connectivity index is 2.25. The van der Waals surface area contributed by atoms with E-state index < -0.39 is 11.4 Å². The smallest absolute Gasteiger partial charge is 0.310 e. The maximum absolute atomic E-state index is 10.8. The molecule has 3 heteroatoms. The fraction of sp³-hybridized carbons (Fsp3) is 0.462. The summed E-state index contributed by atoms with van der Waals surface area (Å²) in [4.78, 5) is 10.8. The molecule has 0 heterocycles. The maximum atomic E-state index is 10.8. The van der Waals surface area contributed by atoms with E-state index in [-0.39, 0.29) is 0 Å². The molecule has 0 atom stereocenters. The molecule has 0 spiro atoms. The lowest BCUT2D eigenvalue weighted by molar-refractivity contribution is -0.146. The van der Waals surface area contributed by atoms with E-state index in [9.17, 15) is 4.79 Å². The van der Waals surface area contributed by atoms with E-state index in [0.717, 1.165) is 13.0 Å². The molecule has 16 heavy (non-hydrogen) atoms. The molecule has 0 fully saturated rings. The highest BCUT2D eigenvalue weighted by molar-refractivity contribution is 5.73. The molecular weight excluding hydrogens is 202 g/mol. The third-order valence-electron chi connectivity index (χ3n) is 2.58. The van der Waals surface area contributed by atoms with Crippen LogP contribution in [-0.4, -0.2) is 24.2 Å². The van der Waals surface area contributed by atoms with Crippen LogP contribution in [0.5, 0.6) is 0 Å². The number of nitrogens with one attached hydrogen (secondary N) is 1. The number of carboxylic acid groups (broad SMARTS) is 1. The summed E-state index contributed by atoms with van der Waals surface area (Å²) in [7, 11) is 0. The third kappa shape index (κ3) is 4.03. The molecule has 2 N–H and O–H groups in total. The van der Waals surface area contributed by atoms with Gasteiger partial charge >= 0.3 is 5.97 Å². The summed E-state index contributed by atoms with van der Waals surface area (Å²) in [5.74, 6) is -0.764. The Hall–Kier alpha value is -1.35. The maximum Gasteiger partial charge on any atom is 0.310 e. The molecule has 1 aromatic rings. The average Bonchev–Trinajstić information content (AvgIpc) is 2.26. The highest BCUT2D eigenvalue weighted by Crippen LogP contribution is 2.12. The first-order valence-corrected chi connectivity index (χ1v) is 5.50. The van der Waals surface area contributed by atoms with Crippen LogP contribution in [0.15, 0.2) is 30.3 Å². The standard InChI is InChI=1S/C13H19NO2/c1-13(2,12(15)16)10-14-9-8-11-6-4-3-5-7-11/h3-7,14H,8-10H2,1-2H3,(H,15,16). The first-order chi connectivity index (χ1) is 7.52. The SMILES string of the molecule is CC(C)(CNCCc1ccccc1)C(=O)O. The van der Waals surface area contributed by atoms with Crippen LogP contribution in [0.4, 0.5) is 0 Å². The second-order valence-electron chi connectivity index (χ2n) is 4.60. The van der Waals surface area contributed by atoms with Gasteiger partial charge in [0.1, 0.15) is 0 Å². The molecule has 0 aliphatic carbocycles. The van der Waals surface area contributed by atoms with Gasteiger partial charge in [0.25, 0.3) is 0 Å². The van der Waals surface area contributed by atoms with E-state index in [0.29, 0.717) is 6.54 Å². The van der Waals surface area contributed by atoms with Crippen molar-refractivity contribution in [2.24, 2.45) is 5.41 Å². The van der Waals surface area contributed by atoms with Gasteiger partial charge in [-0.05, 0) is 32.4 Å². The Labute approximate surface area is 96.5 Å². The first-order valence-electron chi connectivity index (χ1n) is 5.50. The van der Waals surface area contributed by atoms with E-state index >= 15 is 0 Å². The average molecular weight is 221 g/mol. The summed E-state index contributed by atoms with van der Waals surface area (Å²) in [5.41, 5.74) is 0.569. The minimum absolute atomic E-state index is 0.495. The number of carboxylic acids is 1. The Morgan fingerprint density at radius 1 is 1.31 bits per heavy atom. The van der Waals surface area contributed by atoms with Crippen LogP contribution in [0.3, 0.4) is 0 Å². The monoisotopic (exact) mass is 221 g/mol. The molecule has 3 nitrogen and oxygen atoms in total. The summed E-state index contributed by atoms with van der Waals surface area (Å²) in [5, 5.41) is 12.1. The second kappa shape index (κ2) is 5.66. The van der Waals surface area contributed by atoms with Gasteiger partial charge in [0.05, 0.1) is 5.41 Å². The quantitative estimate of drug-likeness (QED) is 0.722. The van der Waals surface area contributed by atoms with Crippen LogP contribution < -0.4 is 5.32 Å². The molecule has 0 aromatic heterocycles. The van der Waals surface area contributed by atoms with Crippen LogP contribution in [0.25, 0.3) is 0 Å². The lowest BCUT2D eigenvalue weighted by Gasteiger charge is -2.19. The van der Waals surface area contributed by atoms with Gasteiger partial charge in [0, 0.05) is 6.54 Å². The molecular formula is C13H19NO2. The Morgan fingerprint density at radius 2 is 1.94 bits per heavy atom. The molecule has 0 saturated heterocycles. The summed E-state index contributed by atoms with van der Waals surface area (Å²) < 4.78 is 0. The predicted molar refractivity (Wildman–Crippen MR) is 64.4 cm³/mol. The van der Waals surface area contributed by atoms with Crippen molar-refractivity contribution < 1.29 is 9.90 Å². The summed E-state index contributed by atoms with van der Waals surface area (Å²) in [6.45, 7) is 4.76. The number of benzene rings is 1. The van der Waals surface area contributed by atoms with Crippen molar-refractivity contribution in [1.29, 1.82) is 0 Å². The van der Waals surface area contributed by atoms with E-state index in [1.165, 1.54) is 5.56 Å². The summed E-state index contributed by atoms with van der Waals surface area (Å²) >= 11 is 0. The molecule has 1 aromatic carbocycles. The minimum Gasteiger partial charge on any atom is -0.481 e. The fourth-order valence-corrected chi connectivity index (χ4v) is 1.35. The molecule has 0 unspecified atom stereocenters. The van der Waals surface area contributed by atoms with Gasteiger partial charge in [-0.15, -0.1) is 0 Å². The van der Waals surface area contributed by atoms with Crippen LogP contribution in [0.2, 0.25) is 0 Å². The molecule has 0 amide bonds. The van der Waals surface area contributed by atoms with E-state index in [1.807, 2.05) is 18.2 Å². The zero-order valence-corrected chi connectivity index (χ0v) is 9.86. The number of rotatable bonds is 6. The predicted octanol–water partition coefficient (Wildman–Crippen LogP) is 1.93. The Kier molecular flexibility index (Phi) is 4.50. The van der Waals surface area contributed by atoms with Crippen LogP contribution >= 0.6 is 0 Å². The third-order valence-corrected chi connectivity index (χ3v) is 2.58. The van der Waals surface area contributed by atoms with Crippen LogP contribution in [0.1, 0.15) is 19.4 Å². The minimum atomic E-state index is -0.764. The van der Waals surface area contributed by atoms with E-state index in [4.69, 9.17) is 5.11 Å². The topological polar surface area (TPSA) is 49.3 Å². The van der Waals surface area contributed by atoms with Crippen molar-refractivity contribution in [3.63, 3.8) is 0 Å². The van der Waals surface area contributed by atoms with Gasteiger partial charge < -0.3 is 10.4 Å². The summed E-state index contributed by atoms with van der Waals surface area (Å²) in [6.07, 6.45) is 0.927. The van der Waals surface area contributed by atoms with Gasteiger partial charge in [-0.3, -0.25) is 4.79 Å². The van der Waals surface area contributed by atoms with Gasteiger partial charge in [-0.2, -0.15) is 0 Å². The van der Waals surface area contributed by atoms with Gasteiger partial charge in [-0.1, -0.05) is 30.3 Å². The number of aliphatic carboxylic acids is 1. The van der Waals surface area contributed by atoms with Crippen LogP contribution in [-0.2, 0) is 11.2 Å². The molecule has 0 bridgehead atoms. The highest BCUT2D eigenvalue weighted by atomic mass is 16.4. The van der Waals surface area contributed by atoms with Crippen LogP contribution in [0, 0.1) is 5.41 Å². The van der Waals surface area contributed by atoms with Crippen molar-refractivity contribution in [3.05, 3.63) is 35.9 Å². The van der Waals surface area contributed by atoms with Crippen molar-refractivity contribution in [1.82, 2.24) is 5.32 Å². The van der Waals surface area contributed by atoms with E-state index in [2.05, 4.69) is 17.4 Å². The summed E-state index contributed by atoms with van der Waals surface area (Å²) in [6, 6.07) is 10.2. The number of carbonyl (C=O) groups is 1. The molecule has 0 aliphatic rings. The highest BCUT2D eigenvalue weighted by Gasteiger charge is 2.26. The first kappa shape index (κ1) is 12.7. The van der Waals surface area contributed by atoms with Crippen molar-refractivity contribution in [2.45, 2.75) is 20.3 Å². The van der Waals surface area contributed by atoms with Crippen molar-refractivity contribution in [2.75, 3.05) is 13.1 Å². The molecule has 88 valence electrons. The van der Waals surface area contributed by atoms with Gasteiger partial charge in [0.15, 0.2) is 0 Å². The fourth-order valence-electron chi connectivity index (χ4n) is 1.35.